The Hall–Kier alpha value is -3.22. The summed E-state index contributed by atoms with van der Waals surface area (Å²) in [5.41, 5.74) is 2.98. The quantitative estimate of drug-likeness (QED) is 0.751. The molecule has 1 N–H and O–H groups in total. The number of benzene rings is 2. The maximum absolute atomic E-state index is 11.7. The molecule has 0 unspecified atom stereocenters. The first-order chi connectivity index (χ1) is 13.2. The van der Waals surface area contributed by atoms with Crippen molar-refractivity contribution in [2.24, 2.45) is 0 Å². The van der Waals surface area contributed by atoms with Crippen molar-refractivity contribution in [1.29, 1.82) is 0 Å². The van der Waals surface area contributed by atoms with E-state index in [0.29, 0.717) is 6.61 Å². The van der Waals surface area contributed by atoms with Gasteiger partial charge in [0.05, 0.1) is 12.3 Å². The predicted molar refractivity (Wildman–Crippen MR) is 106 cm³/mol. The molecular weight excluding hydrogens is 342 g/mol. The molecule has 27 heavy (non-hydrogen) atoms. The number of hydrogen-bond acceptors (Lipinski definition) is 5. The summed E-state index contributed by atoms with van der Waals surface area (Å²) in [7, 11) is 0. The van der Waals surface area contributed by atoms with Crippen molar-refractivity contribution in [1.82, 2.24) is 14.8 Å². The molecule has 1 fully saturated rings. The van der Waals surface area contributed by atoms with Crippen LogP contribution in [0.2, 0.25) is 0 Å². The fourth-order valence-corrected chi connectivity index (χ4v) is 3.40. The molecule has 1 aromatic heterocycles. The zero-order chi connectivity index (χ0) is 18.6. The highest BCUT2D eigenvalue weighted by Gasteiger charge is 2.17. The molecule has 140 valence electrons. The minimum atomic E-state index is -0.230. The standard InChI is InChI=1S/C20H23N5O2/c1-2-27-19-9-7-17(8-10-19)24-13-11-23(12-14-24)16-3-5-18(6-4-16)25-15-21-22-20(25)26/h3-10,15H,2,11-14H2,1H3,(H,22,26). The van der Waals surface area contributed by atoms with Gasteiger partial charge in [0.2, 0.25) is 0 Å². The average molecular weight is 365 g/mol. The van der Waals surface area contributed by atoms with Crippen LogP contribution in [0.1, 0.15) is 6.92 Å². The lowest BCUT2D eigenvalue weighted by atomic mass is 10.2. The van der Waals surface area contributed by atoms with Crippen molar-refractivity contribution in [2.75, 3.05) is 42.6 Å². The van der Waals surface area contributed by atoms with Crippen LogP contribution in [-0.2, 0) is 0 Å². The van der Waals surface area contributed by atoms with Crippen molar-refractivity contribution < 1.29 is 4.74 Å². The van der Waals surface area contributed by atoms with Gasteiger partial charge in [-0.25, -0.2) is 14.5 Å². The van der Waals surface area contributed by atoms with Gasteiger partial charge in [-0.05, 0) is 55.5 Å². The van der Waals surface area contributed by atoms with Gasteiger partial charge in [-0.3, -0.25) is 0 Å². The Bertz CT molecular complexity index is 922. The number of ether oxygens (including phenoxy) is 1. The number of nitrogens with one attached hydrogen (secondary N) is 1. The molecule has 0 saturated carbocycles. The Kier molecular flexibility index (Phi) is 4.82. The van der Waals surface area contributed by atoms with E-state index in [4.69, 9.17) is 4.74 Å². The summed E-state index contributed by atoms with van der Waals surface area (Å²) in [4.78, 5) is 16.4. The maximum atomic E-state index is 11.7. The summed E-state index contributed by atoms with van der Waals surface area (Å²) in [6, 6.07) is 16.3. The highest BCUT2D eigenvalue weighted by atomic mass is 16.5. The molecule has 0 aliphatic carbocycles. The summed E-state index contributed by atoms with van der Waals surface area (Å²) in [6.07, 6.45) is 1.49. The lowest BCUT2D eigenvalue weighted by molar-refractivity contribution is 0.340. The number of piperazine rings is 1. The van der Waals surface area contributed by atoms with Crippen LogP contribution >= 0.6 is 0 Å². The molecule has 0 radical (unpaired) electrons. The number of aromatic amines is 1. The van der Waals surface area contributed by atoms with Gasteiger partial charge in [0.15, 0.2) is 0 Å². The smallest absolute Gasteiger partial charge is 0.347 e. The molecule has 0 atom stereocenters. The lowest BCUT2D eigenvalue weighted by Crippen LogP contribution is -2.46. The van der Waals surface area contributed by atoms with E-state index in [-0.39, 0.29) is 5.69 Å². The van der Waals surface area contributed by atoms with Crippen molar-refractivity contribution in [3.05, 3.63) is 65.3 Å². The van der Waals surface area contributed by atoms with Crippen LogP contribution in [0.3, 0.4) is 0 Å². The van der Waals surface area contributed by atoms with Gasteiger partial charge in [-0.1, -0.05) is 0 Å². The first-order valence-electron chi connectivity index (χ1n) is 9.20. The maximum Gasteiger partial charge on any atom is 0.347 e. The van der Waals surface area contributed by atoms with Crippen LogP contribution in [0.5, 0.6) is 5.75 Å². The van der Waals surface area contributed by atoms with Crippen molar-refractivity contribution in [2.45, 2.75) is 6.92 Å². The molecule has 3 aromatic rings. The van der Waals surface area contributed by atoms with Gasteiger partial charge in [-0.2, -0.15) is 5.10 Å². The second-order valence-electron chi connectivity index (χ2n) is 6.45. The summed E-state index contributed by atoms with van der Waals surface area (Å²) in [6.45, 7) is 6.53. The van der Waals surface area contributed by atoms with Crippen LogP contribution in [0.15, 0.2) is 59.7 Å². The highest BCUT2D eigenvalue weighted by molar-refractivity contribution is 5.54. The summed E-state index contributed by atoms with van der Waals surface area (Å²) < 4.78 is 7.01. The van der Waals surface area contributed by atoms with E-state index in [9.17, 15) is 4.79 Å². The van der Waals surface area contributed by atoms with Gasteiger partial charge in [0.1, 0.15) is 12.1 Å². The lowest BCUT2D eigenvalue weighted by Gasteiger charge is -2.37. The van der Waals surface area contributed by atoms with E-state index in [1.807, 2.05) is 31.2 Å². The SMILES string of the molecule is CCOc1ccc(N2CCN(c3ccc(-n4cn[nH]c4=O)cc3)CC2)cc1. The van der Waals surface area contributed by atoms with Crippen LogP contribution in [0.4, 0.5) is 11.4 Å². The van der Waals surface area contributed by atoms with E-state index >= 15 is 0 Å². The molecule has 7 heteroatoms. The zero-order valence-electron chi connectivity index (χ0n) is 15.3. The summed E-state index contributed by atoms with van der Waals surface area (Å²) in [5, 5.41) is 6.17. The topological polar surface area (TPSA) is 66.4 Å². The number of aromatic nitrogens is 3. The second kappa shape index (κ2) is 7.57. The Morgan fingerprint density at radius 1 is 0.889 bits per heavy atom. The normalized spacial score (nSPS) is 14.4. The first kappa shape index (κ1) is 17.2. The van der Waals surface area contributed by atoms with E-state index in [2.05, 4.69) is 44.3 Å². The minimum Gasteiger partial charge on any atom is -0.494 e. The van der Waals surface area contributed by atoms with E-state index in [1.54, 1.807) is 0 Å². The third-order valence-electron chi connectivity index (χ3n) is 4.84. The van der Waals surface area contributed by atoms with E-state index in [1.165, 1.54) is 22.3 Å². The van der Waals surface area contributed by atoms with Crippen molar-refractivity contribution in [3.63, 3.8) is 0 Å². The molecule has 1 aliphatic heterocycles. The molecule has 1 aliphatic rings. The van der Waals surface area contributed by atoms with E-state index < -0.39 is 0 Å². The summed E-state index contributed by atoms with van der Waals surface area (Å²) in [5.74, 6) is 0.914. The van der Waals surface area contributed by atoms with Crippen LogP contribution in [0.25, 0.3) is 5.69 Å². The molecule has 0 amide bonds. The van der Waals surface area contributed by atoms with Crippen LogP contribution < -0.4 is 20.2 Å². The Labute approximate surface area is 157 Å². The monoisotopic (exact) mass is 365 g/mol. The summed E-state index contributed by atoms with van der Waals surface area (Å²) >= 11 is 0. The molecular formula is C20H23N5O2. The third kappa shape index (κ3) is 3.67. The molecule has 2 heterocycles. The largest absolute Gasteiger partial charge is 0.494 e. The molecule has 0 bridgehead atoms. The Morgan fingerprint density at radius 2 is 1.41 bits per heavy atom. The van der Waals surface area contributed by atoms with Crippen LogP contribution in [0, 0.1) is 0 Å². The van der Waals surface area contributed by atoms with E-state index in [0.717, 1.165) is 37.6 Å². The van der Waals surface area contributed by atoms with Gasteiger partial charge in [0.25, 0.3) is 0 Å². The number of hydrogen-bond donors (Lipinski definition) is 1. The zero-order valence-corrected chi connectivity index (χ0v) is 15.3. The predicted octanol–water partition coefficient (Wildman–Crippen LogP) is 2.29. The molecule has 1 saturated heterocycles. The molecule has 7 nitrogen and oxygen atoms in total. The Balaban J connectivity index is 1.39. The first-order valence-corrected chi connectivity index (χ1v) is 9.20. The van der Waals surface area contributed by atoms with Gasteiger partial charge in [-0.15, -0.1) is 0 Å². The molecule has 4 rings (SSSR count). The highest BCUT2D eigenvalue weighted by Crippen LogP contribution is 2.23. The van der Waals surface area contributed by atoms with Crippen molar-refractivity contribution >= 4 is 11.4 Å². The number of anilines is 2. The van der Waals surface area contributed by atoms with Crippen molar-refractivity contribution in [3.8, 4) is 11.4 Å². The molecule has 2 aromatic carbocycles. The Morgan fingerprint density at radius 3 is 1.89 bits per heavy atom. The van der Waals surface area contributed by atoms with Gasteiger partial charge in [0, 0.05) is 37.6 Å². The number of rotatable bonds is 5. The van der Waals surface area contributed by atoms with Gasteiger partial charge >= 0.3 is 5.69 Å². The van der Waals surface area contributed by atoms with Crippen LogP contribution in [-0.4, -0.2) is 47.6 Å². The minimum absolute atomic E-state index is 0.230. The van der Waals surface area contributed by atoms with Gasteiger partial charge < -0.3 is 14.5 Å². The fourth-order valence-electron chi connectivity index (χ4n) is 3.40. The second-order valence-corrected chi connectivity index (χ2v) is 6.45. The third-order valence-corrected chi connectivity index (χ3v) is 4.84. The molecule has 0 spiro atoms. The fraction of sp³-hybridized carbons (Fsp3) is 0.300. The number of nitrogens with zero attached hydrogens (tertiary/aromatic N) is 4. The number of H-pyrrole nitrogens is 1. The average Bonchev–Trinajstić information content (AvgIpc) is 3.15.